The van der Waals surface area contributed by atoms with Crippen LogP contribution in [0.3, 0.4) is 0 Å². The molecule has 0 aliphatic rings. The maximum Gasteiger partial charge on any atom is 0.146 e. The van der Waals surface area contributed by atoms with Crippen molar-refractivity contribution in [3.8, 4) is 28.2 Å². The van der Waals surface area contributed by atoms with Gasteiger partial charge in [0.1, 0.15) is 5.82 Å². The minimum atomic E-state index is 0.898. The van der Waals surface area contributed by atoms with Crippen LogP contribution >= 0.6 is 0 Å². The molecule has 0 fully saturated rings. The number of aromatic nitrogens is 2. The molecule has 43 heavy (non-hydrogen) atoms. The molecule has 0 saturated heterocycles. The van der Waals surface area contributed by atoms with Crippen LogP contribution in [0.2, 0.25) is 0 Å². The molecule has 6 aromatic rings. The highest BCUT2D eigenvalue weighted by Crippen LogP contribution is 2.44. The van der Waals surface area contributed by atoms with Crippen LogP contribution in [0.15, 0.2) is 122 Å². The summed E-state index contributed by atoms with van der Waals surface area (Å²) >= 11 is 0. The Morgan fingerprint density at radius 1 is 0.674 bits per heavy atom. The minimum Gasteiger partial charge on any atom is -0.292 e. The first-order chi connectivity index (χ1) is 21.2. The van der Waals surface area contributed by atoms with Crippen LogP contribution in [0.25, 0.3) is 74.1 Å². The molecule has 0 N–H and O–H groups in total. The van der Waals surface area contributed by atoms with Gasteiger partial charge in [0.05, 0.1) is 11.4 Å². The van der Waals surface area contributed by atoms with E-state index in [4.69, 9.17) is 4.98 Å². The van der Waals surface area contributed by atoms with Crippen LogP contribution in [0.4, 0.5) is 0 Å². The molecule has 0 radical (unpaired) electrons. The fourth-order valence-corrected chi connectivity index (χ4v) is 5.88. The Bertz CT molecular complexity index is 2030. The Hall–Kier alpha value is -5.21. The molecule has 0 unspecified atom stereocenters. The van der Waals surface area contributed by atoms with Gasteiger partial charge in [0, 0.05) is 11.3 Å². The zero-order valence-electron chi connectivity index (χ0n) is 25.5. The van der Waals surface area contributed by atoms with E-state index in [0.29, 0.717) is 0 Å². The number of rotatable bonds is 6. The summed E-state index contributed by atoms with van der Waals surface area (Å²) in [5, 5.41) is 7.04. The zero-order valence-corrected chi connectivity index (χ0v) is 25.5. The molecule has 0 aliphatic carbocycles. The molecule has 0 atom stereocenters. The number of para-hydroxylation sites is 1. The predicted molar refractivity (Wildman–Crippen MR) is 190 cm³/mol. The predicted octanol–water partition coefficient (Wildman–Crippen LogP) is 9.98. The molecule has 0 bridgehead atoms. The van der Waals surface area contributed by atoms with E-state index in [0.717, 1.165) is 44.5 Å². The van der Waals surface area contributed by atoms with Crippen molar-refractivity contribution >= 4 is 45.8 Å². The van der Waals surface area contributed by atoms with E-state index in [1.807, 2.05) is 45.1 Å². The van der Waals surface area contributed by atoms with Crippen LogP contribution in [0, 0.1) is 0 Å². The van der Waals surface area contributed by atoms with Crippen molar-refractivity contribution in [2.24, 2.45) is 0 Å². The highest BCUT2D eigenvalue weighted by Gasteiger charge is 2.23. The van der Waals surface area contributed by atoms with Crippen molar-refractivity contribution in [3.05, 3.63) is 144 Å². The Labute approximate surface area is 255 Å². The van der Waals surface area contributed by atoms with Crippen molar-refractivity contribution in [1.82, 2.24) is 9.55 Å². The topological polar surface area (TPSA) is 17.8 Å². The number of benzene rings is 5. The molecule has 0 amide bonds. The lowest BCUT2D eigenvalue weighted by Gasteiger charge is -2.18. The summed E-state index contributed by atoms with van der Waals surface area (Å²) in [5.74, 6) is 0.898. The fraction of sp³-hybridized carbons (Fsp3) is 0.0976. The third-order valence-electron chi connectivity index (χ3n) is 7.61. The molecule has 1 heterocycles. The smallest absolute Gasteiger partial charge is 0.146 e. The van der Waals surface area contributed by atoms with Gasteiger partial charge in [0.15, 0.2) is 0 Å². The van der Waals surface area contributed by atoms with E-state index in [9.17, 15) is 0 Å². The quantitative estimate of drug-likeness (QED) is 0.186. The summed E-state index contributed by atoms with van der Waals surface area (Å²) in [4.78, 5) is 5.27. The molecular formula is C41H38N2. The summed E-state index contributed by atoms with van der Waals surface area (Å²) in [6, 6.07) is 34.5. The lowest BCUT2D eigenvalue weighted by Crippen LogP contribution is -2.23. The standard InChI is InChI=1S/C39H32N2.C2H6/c1-5-16-28-26-29(25-24-27(28)7-3)37-31-20-12-14-22-33(31)38(34-23-15-13-21-32(34)37)39-40-35(17-6-2)36(8-4)41(39)30-18-10-9-11-19-30;1-2/h5-26H,1,4H2,2-3H3;1-2H3/b17-6-,27-7-,28-16-;. The zero-order chi connectivity index (χ0) is 30.3. The maximum atomic E-state index is 5.27. The van der Waals surface area contributed by atoms with Gasteiger partial charge in [-0.05, 0) is 87.3 Å². The summed E-state index contributed by atoms with van der Waals surface area (Å²) in [6.07, 6.45) is 12.1. The Kier molecular flexibility index (Phi) is 8.98. The van der Waals surface area contributed by atoms with Gasteiger partial charge < -0.3 is 0 Å². The van der Waals surface area contributed by atoms with E-state index < -0.39 is 0 Å². The van der Waals surface area contributed by atoms with E-state index >= 15 is 0 Å². The van der Waals surface area contributed by atoms with Gasteiger partial charge >= 0.3 is 0 Å². The van der Waals surface area contributed by atoms with Gasteiger partial charge in [-0.1, -0.05) is 130 Å². The number of hydrogen-bond donors (Lipinski definition) is 0. The summed E-state index contributed by atoms with van der Waals surface area (Å²) in [5.41, 5.74) is 6.42. The van der Waals surface area contributed by atoms with E-state index in [-0.39, 0.29) is 0 Å². The average Bonchev–Trinajstić information content (AvgIpc) is 3.42. The van der Waals surface area contributed by atoms with Crippen molar-refractivity contribution in [1.29, 1.82) is 0 Å². The van der Waals surface area contributed by atoms with Gasteiger partial charge in [-0.2, -0.15) is 0 Å². The number of allylic oxidation sites excluding steroid dienone is 2. The third kappa shape index (κ3) is 5.29. The third-order valence-corrected chi connectivity index (χ3v) is 7.61. The lowest BCUT2D eigenvalue weighted by atomic mass is 9.87. The Balaban J connectivity index is 0.00000180. The average molecular weight is 559 g/mol. The minimum absolute atomic E-state index is 0.898. The second kappa shape index (κ2) is 13.2. The SMILES string of the molecule is C=C/C=c1/cc(-c2c3ccccc3c(-c3nc(/C=C\C)c(C=C)n3-c3ccccc3)c3ccccc23)cc/c1=C/C.CC. The molecule has 0 saturated carbocycles. The monoisotopic (exact) mass is 558 g/mol. The fourth-order valence-electron chi connectivity index (χ4n) is 5.88. The van der Waals surface area contributed by atoms with Gasteiger partial charge in [-0.15, -0.1) is 0 Å². The summed E-state index contributed by atoms with van der Waals surface area (Å²) < 4.78 is 2.24. The summed E-state index contributed by atoms with van der Waals surface area (Å²) in [6.45, 7) is 16.2. The van der Waals surface area contributed by atoms with Crippen molar-refractivity contribution in [2.45, 2.75) is 27.7 Å². The van der Waals surface area contributed by atoms with Crippen molar-refractivity contribution < 1.29 is 0 Å². The van der Waals surface area contributed by atoms with Gasteiger partial charge in [-0.25, -0.2) is 4.98 Å². The van der Waals surface area contributed by atoms with Crippen LogP contribution in [0.1, 0.15) is 39.1 Å². The number of imidazole rings is 1. The molecule has 2 nitrogen and oxygen atoms in total. The van der Waals surface area contributed by atoms with Crippen molar-refractivity contribution in [3.63, 3.8) is 0 Å². The normalized spacial score (nSPS) is 12.1. The first kappa shape index (κ1) is 29.3. The second-order valence-corrected chi connectivity index (χ2v) is 9.96. The number of fused-ring (bicyclic) bond motifs is 2. The largest absolute Gasteiger partial charge is 0.292 e. The second-order valence-electron chi connectivity index (χ2n) is 9.96. The molecule has 0 aliphatic heterocycles. The van der Waals surface area contributed by atoms with Crippen molar-refractivity contribution in [2.75, 3.05) is 0 Å². The number of hydrogen-bond acceptors (Lipinski definition) is 1. The Morgan fingerprint density at radius 3 is 1.79 bits per heavy atom. The first-order valence-corrected chi connectivity index (χ1v) is 15.0. The molecule has 1 aromatic heterocycles. The van der Waals surface area contributed by atoms with Crippen LogP contribution in [-0.2, 0) is 0 Å². The Morgan fingerprint density at radius 2 is 1.26 bits per heavy atom. The van der Waals surface area contributed by atoms with Crippen LogP contribution in [0.5, 0.6) is 0 Å². The first-order valence-electron chi connectivity index (χ1n) is 15.0. The molecule has 2 heteroatoms. The van der Waals surface area contributed by atoms with E-state index in [1.54, 1.807) is 0 Å². The maximum absolute atomic E-state index is 5.27. The molecule has 6 rings (SSSR count). The lowest BCUT2D eigenvalue weighted by molar-refractivity contribution is 1.06. The summed E-state index contributed by atoms with van der Waals surface area (Å²) in [7, 11) is 0. The van der Waals surface area contributed by atoms with Gasteiger partial charge in [0.2, 0.25) is 0 Å². The molecule has 212 valence electrons. The number of nitrogens with zero attached hydrogens (tertiary/aromatic N) is 2. The van der Waals surface area contributed by atoms with Gasteiger partial charge in [0.25, 0.3) is 0 Å². The highest BCUT2D eigenvalue weighted by atomic mass is 15.1. The molecule has 5 aromatic carbocycles. The van der Waals surface area contributed by atoms with Gasteiger partial charge in [-0.3, -0.25) is 4.57 Å². The molecular weight excluding hydrogens is 520 g/mol. The highest BCUT2D eigenvalue weighted by molar-refractivity contribution is 6.21. The van der Waals surface area contributed by atoms with E-state index in [2.05, 4.69) is 134 Å². The molecule has 0 spiro atoms. The van der Waals surface area contributed by atoms with Crippen LogP contribution < -0.4 is 10.4 Å². The van der Waals surface area contributed by atoms with E-state index in [1.165, 1.54) is 27.1 Å². The van der Waals surface area contributed by atoms with Crippen LogP contribution in [-0.4, -0.2) is 9.55 Å².